The Bertz CT molecular complexity index is 669. The lowest BCUT2D eigenvalue weighted by atomic mass is 10.2. The fourth-order valence-corrected chi connectivity index (χ4v) is 1.33. The van der Waals surface area contributed by atoms with E-state index in [0.717, 1.165) is 0 Å². The first kappa shape index (κ1) is 11.6. The SMILES string of the molecule is N#Cc1ccc(C(=O)Oc2ccccc2)[nH]c1=O. The van der Waals surface area contributed by atoms with Gasteiger partial charge in [-0.25, -0.2) is 4.79 Å². The summed E-state index contributed by atoms with van der Waals surface area (Å²) in [6.45, 7) is 0. The molecule has 0 fully saturated rings. The molecule has 0 amide bonds. The van der Waals surface area contributed by atoms with Crippen LogP contribution in [-0.4, -0.2) is 11.0 Å². The average Bonchev–Trinajstić information content (AvgIpc) is 2.39. The van der Waals surface area contributed by atoms with Gasteiger partial charge in [0, 0.05) is 0 Å². The molecule has 5 heteroatoms. The number of rotatable bonds is 2. The molecule has 0 spiro atoms. The van der Waals surface area contributed by atoms with Gasteiger partial charge in [-0.3, -0.25) is 4.79 Å². The van der Waals surface area contributed by atoms with Crippen molar-refractivity contribution in [3.05, 3.63) is 64.1 Å². The van der Waals surface area contributed by atoms with Gasteiger partial charge in [0.2, 0.25) is 0 Å². The number of nitriles is 1. The van der Waals surface area contributed by atoms with Crippen molar-refractivity contribution in [1.82, 2.24) is 4.98 Å². The molecule has 1 heterocycles. The molecule has 18 heavy (non-hydrogen) atoms. The molecule has 0 unspecified atom stereocenters. The lowest BCUT2D eigenvalue weighted by molar-refractivity contribution is 0.0728. The largest absolute Gasteiger partial charge is 0.422 e. The van der Waals surface area contributed by atoms with Crippen molar-refractivity contribution in [2.75, 3.05) is 0 Å². The van der Waals surface area contributed by atoms with E-state index < -0.39 is 11.5 Å². The Kier molecular flexibility index (Phi) is 3.21. The van der Waals surface area contributed by atoms with Gasteiger partial charge in [0.05, 0.1) is 0 Å². The van der Waals surface area contributed by atoms with Gasteiger partial charge in [-0.2, -0.15) is 5.26 Å². The topological polar surface area (TPSA) is 82.9 Å². The molecule has 0 saturated heterocycles. The predicted molar refractivity (Wildman–Crippen MR) is 63.2 cm³/mol. The number of hydrogen-bond donors (Lipinski definition) is 1. The minimum absolute atomic E-state index is 0.00264. The highest BCUT2D eigenvalue weighted by atomic mass is 16.5. The molecule has 88 valence electrons. The molecule has 0 aliphatic heterocycles. The predicted octanol–water partition coefficient (Wildman–Crippen LogP) is 1.47. The van der Waals surface area contributed by atoms with Crippen molar-refractivity contribution in [2.45, 2.75) is 0 Å². The first-order chi connectivity index (χ1) is 8.70. The maximum absolute atomic E-state index is 11.7. The fraction of sp³-hybridized carbons (Fsp3) is 0. The van der Waals surface area contributed by atoms with Crippen LogP contribution < -0.4 is 10.3 Å². The van der Waals surface area contributed by atoms with Gasteiger partial charge in [-0.1, -0.05) is 18.2 Å². The number of aromatic nitrogens is 1. The fourth-order valence-electron chi connectivity index (χ4n) is 1.33. The highest BCUT2D eigenvalue weighted by Gasteiger charge is 2.10. The van der Waals surface area contributed by atoms with E-state index in [0.29, 0.717) is 5.75 Å². The van der Waals surface area contributed by atoms with E-state index in [4.69, 9.17) is 10.00 Å². The molecule has 2 aromatic rings. The van der Waals surface area contributed by atoms with Crippen LogP contribution in [0.4, 0.5) is 0 Å². The zero-order valence-electron chi connectivity index (χ0n) is 9.21. The zero-order chi connectivity index (χ0) is 13.0. The van der Waals surface area contributed by atoms with Crippen LogP contribution in [0, 0.1) is 11.3 Å². The van der Waals surface area contributed by atoms with Crippen molar-refractivity contribution in [3.63, 3.8) is 0 Å². The van der Waals surface area contributed by atoms with Crippen LogP contribution in [0.3, 0.4) is 0 Å². The molecule has 2 rings (SSSR count). The van der Waals surface area contributed by atoms with E-state index >= 15 is 0 Å². The summed E-state index contributed by atoms with van der Waals surface area (Å²) in [6.07, 6.45) is 0. The molecule has 1 aromatic carbocycles. The van der Waals surface area contributed by atoms with Crippen LogP contribution in [0.5, 0.6) is 5.75 Å². The summed E-state index contributed by atoms with van der Waals surface area (Å²) in [5, 5.41) is 8.60. The first-order valence-electron chi connectivity index (χ1n) is 5.11. The van der Waals surface area contributed by atoms with E-state index in [9.17, 15) is 9.59 Å². The molecular formula is C13H8N2O3. The summed E-state index contributed by atoms with van der Waals surface area (Å²) in [5.74, 6) is -0.296. The number of H-pyrrole nitrogens is 1. The number of ether oxygens (including phenoxy) is 1. The standard InChI is InChI=1S/C13H8N2O3/c14-8-9-6-7-11(15-12(9)16)13(17)18-10-4-2-1-3-5-10/h1-7H,(H,15,16). The van der Waals surface area contributed by atoms with Gasteiger partial charge in [-0.15, -0.1) is 0 Å². The molecule has 0 saturated carbocycles. The van der Waals surface area contributed by atoms with Gasteiger partial charge < -0.3 is 9.72 Å². The zero-order valence-corrected chi connectivity index (χ0v) is 9.21. The van der Waals surface area contributed by atoms with Gasteiger partial charge in [0.25, 0.3) is 5.56 Å². The van der Waals surface area contributed by atoms with Crippen molar-refractivity contribution < 1.29 is 9.53 Å². The van der Waals surface area contributed by atoms with E-state index in [2.05, 4.69) is 4.98 Å². The number of benzene rings is 1. The average molecular weight is 240 g/mol. The summed E-state index contributed by atoms with van der Waals surface area (Å²) in [4.78, 5) is 25.3. The van der Waals surface area contributed by atoms with Gasteiger partial charge >= 0.3 is 5.97 Å². The van der Waals surface area contributed by atoms with Crippen LogP contribution in [0.1, 0.15) is 16.1 Å². The summed E-state index contributed by atoms with van der Waals surface area (Å²) in [7, 11) is 0. The second kappa shape index (κ2) is 4.97. The third-order valence-electron chi connectivity index (χ3n) is 2.20. The molecule has 0 bridgehead atoms. The van der Waals surface area contributed by atoms with E-state index in [1.807, 2.05) is 0 Å². The van der Waals surface area contributed by atoms with Crippen LogP contribution in [0.15, 0.2) is 47.3 Å². The van der Waals surface area contributed by atoms with Crippen molar-refractivity contribution in [1.29, 1.82) is 5.26 Å². The lowest BCUT2D eigenvalue weighted by Crippen LogP contribution is -2.18. The highest BCUT2D eigenvalue weighted by molar-refractivity contribution is 5.88. The molecule has 0 aliphatic rings. The Labute approximate surface area is 102 Å². The minimum atomic E-state index is -0.678. The normalized spacial score (nSPS) is 9.50. The van der Waals surface area contributed by atoms with E-state index in [-0.39, 0.29) is 11.3 Å². The summed E-state index contributed by atoms with van der Waals surface area (Å²) in [6, 6.07) is 12.8. The molecule has 0 aliphatic carbocycles. The molecule has 0 atom stereocenters. The van der Waals surface area contributed by atoms with Crippen molar-refractivity contribution >= 4 is 5.97 Å². The maximum Gasteiger partial charge on any atom is 0.360 e. The first-order valence-corrected chi connectivity index (χ1v) is 5.11. The molecule has 5 nitrogen and oxygen atoms in total. The number of nitrogens with one attached hydrogen (secondary N) is 1. The van der Waals surface area contributed by atoms with Gasteiger partial charge in [0.15, 0.2) is 0 Å². The quantitative estimate of drug-likeness (QED) is 0.636. The maximum atomic E-state index is 11.7. The molecule has 1 aromatic heterocycles. The third kappa shape index (κ3) is 2.44. The van der Waals surface area contributed by atoms with Gasteiger partial charge in [-0.05, 0) is 24.3 Å². The smallest absolute Gasteiger partial charge is 0.360 e. The van der Waals surface area contributed by atoms with Crippen LogP contribution in [0.25, 0.3) is 0 Å². The second-order valence-electron chi connectivity index (χ2n) is 3.43. The van der Waals surface area contributed by atoms with Crippen molar-refractivity contribution in [3.8, 4) is 11.8 Å². The molecular weight excluding hydrogens is 232 g/mol. The van der Waals surface area contributed by atoms with E-state index in [1.165, 1.54) is 12.1 Å². The van der Waals surface area contributed by atoms with Crippen LogP contribution in [-0.2, 0) is 0 Å². The number of carbonyl (C=O) groups is 1. The number of hydrogen-bond acceptors (Lipinski definition) is 4. The number of nitrogens with zero attached hydrogens (tertiary/aromatic N) is 1. The Balaban J connectivity index is 2.23. The lowest BCUT2D eigenvalue weighted by Gasteiger charge is -2.03. The minimum Gasteiger partial charge on any atom is -0.422 e. The number of aromatic amines is 1. The molecule has 1 N–H and O–H groups in total. The third-order valence-corrected chi connectivity index (χ3v) is 2.20. The number of pyridine rings is 1. The molecule has 0 radical (unpaired) electrons. The summed E-state index contributed by atoms with van der Waals surface area (Å²) >= 11 is 0. The highest BCUT2D eigenvalue weighted by Crippen LogP contribution is 2.10. The number of carbonyl (C=O) groups excluding carboxylic acids is 1. The Morgan fingerprint density at radius 3 is 2.50 bits per heavy atom. The Morgan fingerprint density at radius 1 is 1.17 bits per heavy atom. The van der Waals surface area contributed by atoms with Crippen LogP contribution in [0.2, 0.25) is 0 Å². The monoisotopic (exact) mass is 240 g/mol. The Hall–Kier alpha value is -2.87. The number of esters is 1. The second-order valence-corrected chi connectivity index (χ2v) is 3.43. The van der Waals surface area contributed by atoms with Gasteiger partial charge in [0.1, 0.15) is 23.1 Å². The van der Waals surface area contributed by atoms with E-state index in [1.54, 1.807) is 36.4 Å². The summed E-state index contributed by atoms with van der Waals surface area (Å²) in [5.41, 5.74) is -0.658. The van der Waals surface area contributed by atoms with Crippen molar-refractivity contribution in [2.24, 2.45) is 0 Å². The summed E-state index contributed by atoms with van der Waals surface area (Å²) < 4.78 is 5.04. The Morgan fingerprint density at radius 2 is 1.89 bits per heavy atom. The number of para-hydroxylation sites is 1. The van der Waals surface area contributed by atoms with Crippen LogP contribution >= 0.6 is 0 Å².